The van der Waals surface area contributed by atoms with Gasteiger partial charge in [-0.2, -0.15) is 0 Å². The molecule has 0 aliphatic carbocycles. The average Bonchev–Trinajstić information content (AvgIpc) is 3.20. The molecule has 4 rings (SSSR count). The molecular weight excluding hydrogens is 370 g/mol. The number of nitrogens with zero attached hydrogens (tertiary/aromatic N) is 1. The number of nitrogens with one attached hydrogen (secondary N) is 2. The second-order valence-corrected chi connectivity index (χ2v) is 5.88. The summed E-state index contributed by atoms with van der Waals surface area (Å²) in [6.07, 6.45) is 0. The monoisotopic (exact) mass is 389 g/mol. The number of guanidine groups is 1. The lowest BCUT2D eigenvalue weighted by molar-refractivity contribution is 0.0920. The van der Waals surface area contributed by atoms with Gasteiger partial charge in [0, 0.05) is 17.8 Å². The Kier molecular flexibility index (Phi) is 6.03. The van der Waals surface area contributed by atoms with Crippen LogP contribution in [0, 0.1) is 0 Å². The predicted octanol–water partition coefficient (Wildman–Crippen LogP) is 2.51. The summed E-state index contributed by atoms with van der Waals surface area (Å²) in [5, 5.41) is 6.32. The van der Waals surface area contributed by atoms with E-state index in [-0.39, 0.29) is 24.8 Å². The van der Waals surface area contributed by atoms with Crippen LogP contribution >= 0.6 is 12.4 Å². The summed E-state index contributed by atoms with van der Waals surface area (Å²) in [7, 11) is 0. The van der Waals surface area contributed by atoms with Gasteiger partial charge in [0.25, 0.3) is 0 Å². The Morgan fingerprint density at radius 1 is 1.11 bits per heavy atom. The highest BCUT2D eigenvalue weighted by molar-refractivity contribution is 5.98. The SMILES string of the molecule is Cl.O=C(COc1ccc(NC2=NCCN2)cc1)c1ccc2c(c1)OCCO2. The van der Waals surface area contributed by atoms with Gasteiger partial charge in [-0.05, 0) is 42.5 Å². The third-order valence-electron chi connectivity index (χ3n) is 4.03. The Hall–Kier alpha value is -2.93. The number of ketones is 1. The molecule has 0 saturated carbocycles. The largest absolute Gasteiger partial charge is 0.486 e. The summed E-state index contributed by atoms with van der Waals surface area (Å²) in [6, 6.07) is 12.6. The lowest BCUT2D eigenvalue weighted by Gasteiger charge is -2.18. The minimum Gasteiger partial charge on any atom is -0.486 e. The maximum absolute atomic E-state index is 12.3. The Labute approximate surface area is 163 Å². The first-order chi connectivity index (χ1) is 12.8. The van der Waals surface area contributed by atoms with Gasteiger partial charge in [-0.1, -0.05) is 0 Å². The fraction of sp³-hybridized carbons (Fsp3) is 0.263. The second kappa shape index (κ2) is 8.64. The maximum Gasteiger partial charge on any atom is 0.200 e. The number of carbonyl (C=O) groups excluding carboxylic acids is 1. The molecule has 8 heteroatoms. The summed E-state index contributed by atoms with van der Waals surface area (Å²) in [4.78, 5) is 16.6. The van der Waals surface area contributed by atoms with E-state index in [4.69, 9.17) is 14.2 Å². The Bertz CT molecular complexity index is 839. The molecule has 27 heavy (non-hydrogen) atoms. The molecule has 0 aromatic heterocycles. The molecular formula is C19H20ClN3O4. The number of anilines is 1. The Balaban J connectivity index is 0.00000210. The topological polar surface area (TPSA) is 81.2 Å². The van der Waals surface area contributed by atoms with Gasteiger partial charge < -0.3 is 24.8 Å². The number of ether oxygens (including phenoxy) is 3. The van der Waals surface area contributed by atoms with E-state index in [0.717, 1.165) is 24.7 Å². The average molecular weight is 390 g/mol. The molecule has 0 fully saturated rings. The molecule has 0 saturated heterocycles. The van der Waals surface area contributed by atoms with E-state index in [1.165, 1.54) is 0 Å². The minimum absolute atomic E-state index is 0. The van der Waals surface area contributed by atoms with Gasteiger partial charge in [0.15, 0.2) is 29.8 Å². The number of hydrogen-bond donors (Lipinski definition) is 2. The van der Waals surface area contributed by atoms with Gasteiger partial charge in [-0.15, -0.1) is 12.4 Å². The fourth-order valence-electron chi connectivity index (χ4n) is 2.70. The number of hydrogen-bond acceptors (Lipinski definition) is 7. The van der Waals surface area contributed by atoms with E-state index < -0.39 is 0 Å². The lowest BCUT2D eigenvalue weighted by Crippen LogP contribution is -2.26. The summed E-state index contributed by atoms with van der Waals surface area (Å²) >= 11 is 0. The van der Waals surface area contributed by atoms with Crippen LogP contribution in [0.1, 0.15) is 10.4 Å². The van der Waals surface area contributed by atoms with Gasteiger partial charge in [-0.25, -0.2) is 0 Å². The van der Waals surface area contributed by atoms with E-state index in [0.29, 0.717) is 36.0 Å². The van der Waals surface area contributed by atoms with Crippen molar-refractivity contribution in [2.24, 2.45) is 4.99 Å². The van der Waals surface area contributed by atoms with E-state index >= 15 is 0 Å². The van der Waals surface area contributed by atoms with Crippen LogP contribution in [-0.4, -0.2) is 44.7 Å². The van der Waals surface area contributed by atoms with Gasteiger partial charge in [-0.3, -0.25) is 9.79 Å². The van der Waals surface area contributed by atoms with Crippen molar-refractivity contribution in [1.29, 1.82) is 0 Å². The number of benzene rings is 2. The van der Waals surface area contributed by atoms with Gasteiger partial charge in [0.05, 0.1) is 6.54 Å². The Morgan fingerprint density at radius 2 is 1.89 bits per heavy atom. The molecule has 7 nitrogen and oxygen atoms in total. The van der Waals surface area contributed by atoms with Crippen molar-refractivity contribution in [3.05, 3.63) is 48.0 Å². The number of rotatable bonds is 5. The summed E-state index contributed by atoms with van der Waals surface area (Å²) < 4.78 is 16.6. The van der Waals surface area contributed by atoms with Gasteiger partial charge >= 0.3 is 0 Å². The van der Waals surface area contributed by atoms with E-state index in [1.807, 2.05) is 24.3 Å². The normalized spacial score (nSPS) is 14.4. The van der Waals surface area contributed by atoms with Crippen LogP contribution in [0.3, 0.4) is 0 Å². The van der Waals surface area contributed by atoms with Crippen molar-refractivity contribution >= 4 is 29.8 Å². The van der Waals surface area contributed by atoms with Crippen molar-refractivity contribution in [3.8, 4) is 17.2 Å². The molecule has 0 amide bonds. The van der Waals surface area contributed by atoms with Crippen LogP contribution in [0.5, 0.6) is 17.2 Å². The molecule has 142 valence electrons. The van der Waals surface area contributed by atoms with Crippen LogP contribution in [0.15, 0.2) is 47.5 Å². The van der Waals surface area contributed by atoms with E-state index in [1.54, 1.807) is 18.2 Å². The first-order valence-electron chi connectivity index (χ1n) is 8.49. The third kappa shape index (κ3) is 4.62. The first-order valence-corrected chi connectivity index (χ1v) is 8.49. The summed E-state index contributed by atoms with van der Waals surface area (Å²) in [6.45, 7) is 2.61. The smallest absolute Gasteiger partial charge is 0.200 e. The number of carbonyl (C=O) groups is 1. The first kappa shape index (κ1) is 18.8. The number of aliphatic imine (C=N–C) groups is 1. The maximum atomic E-state index is 12.3. The highest BCUT2D eigenvalue weighted by atomic mass is 35.5. The quantitative estimate of drug-likeness (QED) is 0.765. The molecule has 2 heterocycles. The van der Waals surface area contributed by atoms with Crippen molar-refractivity contribution in [1.82, 2.24) is 5.32 Å². The molecule has 2 aromatic rings. The zero-order valence-corrected chi connectivity index (χ0v) is 15.4. The van der Waals surface area contributed by atoms with Gasteiger partial charge in [0.1, 0.15) is 19.0 Å². The molecule has 2 N–H and O–H groups in total. The molecule has 0 bridgehead atoms. The zero-order chi connectivity index (χ0) is 17.8. The zero-order valence-electron chi connectivity index (χ0n) is 14.6. The van der Waals surface area contributed by atoms with Crippen LogP contribution in [0.4, 0.5) is 5.69 Å². The molecule has 0 unspecified atom stereocenters. The van der Waals surface area contributed by atoms with Crippen LogP contribution in [0.2, 0.25) is 0 Å². The number of halogens is 1. The van der Waals surface area contributed by atoms with Crippen molar-refractivity contribution in [2.45, 2.75) is 0 Å². The molecule has 2 aromatic carbocycles. The van der Waals surface area contributed by atoms with E-state index in [9.17, 15) is 4.79 Å². The van der Waals surface area contributed by atoms with Crippen molar-refractivity contribution < 1.29 is 19.0 Å². The Morgan fingerprint density at radius 3 is 2.63 bits per heavy atom. The molecule has 2 aliphatic rings. The lowest BCUT2D eigenvalue weighted by atomic mass is 10.1. The molecule has 0 spiro atoms. The van der Waals surface area contributed by atoms with E-state index in [2.05, 4.69) is 15.6 Å². The molecule has 0 atom stereocenters. The van der Waals surface area contributed by atoms with Crippen LogP contribution in [-0.2, 0) is 0 Å². The van der Waals surface area contributed by atoms with Crippen molar-refractivity contribution in [3.63, 3.8) is 0 Å². The molecule has 0 radical (unpaired) electrons. The summed E-state index contributed by atoms with van der Waals surface area (Å²) in [5.41, 5.74) is 1.45. The highest BCUT2D eigenvalue weighted by Crippen LogP contribution is 2.30. The highest BCUT2D eigenvalue weighted by Gasteiger charge is 2.15. The third-order valence-corrected chi connectivity index (χ3v) is 4.03. The summed E-state index contributed by atoms with van der Waals surface area (Å²) in [5.74, 6) is 2.54. The molecule has 2 aliphatic heterocycles. The predicted molar refractivity (Wildman–Crippen MR) is 105 cm³/mol. The number of fused-ring (bicyclic) bond motifs is 1. The van der Waals surface area contributed by atoms with Crippen LogP contribution in [0.25, 0.3) is 0 Å². The fourth-order valence-corrected chi connectivity index (χ4v) is 2.70. The number of Topliss-reactive ketones (excluding diaryl/α,β-unsaturated/α-hetero) is 1. The van der Waals surface area contributed by atoms with Crippen LogP contribution < -0.4 is 24.8 Å². The van der Waals surface area contributed by atoms with Crippen molar-refractivity contribution in [2.75, 3.05) is 38.2 Å². The minimum atomic E-state index is -0.117. The second-order valence-electron chi connectivity index (χ2n) is 5.88. The standard InChI is InChI=1S/C19H19N3O4.ClH/c23-16(13-1-6-17-18(11-13)25-10-9-24-17)12-26-15-4-2-14(3-5-15)22-19-20-7-8-21-19;/h1-6,11H,7-10,12H2,(H2,20,21,22);1H. The van der Waals surface area contributed by atoms with Gasteiger partial charge in [0.2, 0.25) is 0 Å².